The lowest BCUT2D eigenvalue weighted by molar-refractivity contribution is -0.905. The minimum Gasteiger partial charge on any atom is -0.326 e. The summed E-state index contributed by atoms with van der Waals surface area (Å²) in [5, 5.41) is 13.4. The van der Waals surface area contributed by atoms with Gasteiger partial charge in [-0.15, -0.1) is 0 Å². The van der Waals surface area contributed by atoms with Crippen LogP contribution in [0.1, 0.15) is 44.9 Å². The van der Waals surface area contributed by atoms with E-state index in [0.29, 0.717) is 12.2 Å². The van der Waals surface area contributed by atoms with Crippen molar-refractivity contribution in [2.24, 2.45) is 0 Å². The molecule has 0 aliphatic carbocycles. The van der Waals surface area contributed by atoms with E-state index in [1.54, 1.807) is 0 Å². The summed E-state index contributed by atoms with van der Waals surface area (Å²) < 4.78 is 0. The third-order valence-electron chi connectivity index (χ3n) is 4.11. The van der Waals surface area contributed by atoms with Gasteiger partial charge in [-0.25, -0.2) is 0 Å². The van der Waals surface area contributed by atoms with Crippen molar-refractivity contribution in [2.45, 2.75) is 44.9 Å². The molecule has 0 saturated carbocycles. The standard InChI is InChI=1S/C13H23N3O2/c17-16(18)13(11-15-9-5-2-6-10-15)12-7-3-1-4-8-14-12/h14H,1-11H2/p+2/b13-12+. The van der Waals surface area contributed by atoms with E-state index >= 15 is 0 Å². The van der Waals surface area contributed by atoms with E-state index in [4.69, 9.17) is 0 Å². The SMILES string of the molecule is O=[N+]([O-])/C(C[NH+]1CCCCC1)=C1\CCCCC[NH2+]1. The summed E-state index contributed by atoms with van der Waals surface area (Å²) in [5.41, 5.74) is 1.52. The monoisotopic (exact) mass is 255 g/mol. The number of nitrogens with zero attached hydrogens (tertiary/aromatic N) is 1. The van der Waals surface area contributed by atoms with Gasteiger partial charge in [-0.1, -0.05) is 0 Å². The Kier molecular flexibility index (Phi) is 5.13. The Balaban J connectivity index is 2.05. The molecule has 2 rings (SSSR count). The van der Waals surface area contributed by atoms with Crippen LogP contribution in [0.25, 0.3) is 0 Å². The highest BCUT2D eigenvalue weighted by molar-refractivity contribution is 4.99. The van der Waals surface area contributed by atoms with Gasteiger partial charge in [0.05, 0.1) is 24.6 Å². The molecule has 5 nitrogen and oxygen atoms in total. The second kappa shape index (κ2) is 6.85. The maximum atomic E-state index is 11.3. The normalized spacial score (nSPS) is 25.6. The fraction of sp³-hybridized carbons (Fsp3) is 0.846. The molecular formula is C13H25N3O2+2. The van der Waals surface area contributed by atoms with Crippen molar-refractivity contribution in [3.63, 3.8) is 0 Å². The molecule has 2 aliphatic rings. The van der Waals surface area contributed by atoms with Crippen molar-refractivity contribution in [3.8, 4) is 0 Å². The molecule has 0 spiro atoms. The first kappa shape index (κ1) is 13.5. The fourth-order valence-electron chi connectivity index (χ4n) is 3.04. The summed E-state index contributed by atoms with van der Waals surface area (Å²) >= 11 is 0. The molecule has 2 heterocycles. The molecule has 0 aromatic carbocycles. The lowest BCUT2D eigenvalue weighted by Gasteiger charge is -2.22. The Labute approximate surface area is 108 Å². The zero-order chi connectivity index (χ0) is 12.8. The van der Waals surface area contributed by atoms with Crippen molar-refractivity contribution < 1.29 is 15.1 Å². The Morgan fingerprint density at radius 3 is 2.61 bits per heavy atom. The molecule has 0 amide bonds. The second-order valence-electron chi connectivity index (χ2n) is 5.52. The van der Waals surface area contributed by atoms with E-state index in [2.05, 4.69) is 5.32 Å². The van der Waals surface area contributed by atoms with Gasteiger partial charge in [0.25, 0.3) is 0 Å². The van der Waals surface area contributed by atoms with Gasteiger partial charge in [-0.05, 0) is 38.5 Å². The van der Waals surface area contributed by atoms with Crippen LogP contribution in [0.2, 0.25) is 0 Å². The van der Waals surface area contributed by atoms with Crippen molar-refractivity contribution >= 4 is 0 Å². The highest BCUT2D eigenvalue weighted by atomic mass is 16.6. The molecular weight excluding hydrogens is 230 g/mol. The van der Waals surface area contributed by atoms with Crippen LogP contribution in [0, 0.1) is 10.1 Å². The smallest absolute Gasteiger partial charge is 0.326 e. The summed E-state index contributed by atoms with van der Waals surface area (Å²) in [5.74, 6) is 0. The molecule has 0 unspecified atom stereocenters. The number of nitrogens with one attached hydrogen (secondary N) is 1. The van der Waals surface area contributed by atoms with Crippen LogP contribution in [-0.4, -0.2) is 31.1 Å². The van der Waals surface area contributed by atoms with E-state index in [9.17, 15) is 10.1 Å². The number of hydrogen-bond acceptors (Lipinski definition) is 2. The van der Waals surface area contributed by atoms with Crippen LogP contribution in [-0.2, 0) is 0 Å². The predicted octanol–water partition coefficient (Wildman–Crippen LogP) is -0.319. The van der Waals surface area contributed by atoms with Gasteiger partial charge in [0, 0.05) is 6.42 Å². The van der Waals surface area contributed by atoms with Crippen LogP contribution in [0.15, 0.2) is 11.4 Å². The Morgan fingerprint density at radius 1 is 1.17 bits per heavy atom. The van der Waals surface area contributed by atoms with Gasteiger partial charge in [0.2, 0.25) is 0 Å². The summed E-state index contributed by atoms with van der Waals surface area (Å²) in [4.78, 5) is 12.6. The molecule has 0 bridgehead atoms. The lowest BCUT2D eigenvalue weighted by Crippen LogP contribution is -3.13. The van der Waals surface area contributed by atoms with Crippen LogP contribution < -0.4 is 10.2 Å². The molecule has 2 fully saturated rings. The van der Waals surface area contributed by atoms with Crippen LogP contribution >= 0.6 is 0 Å². The summed E-state index contributed by atoms with van der Waals surface area (Å²) in [6, 6.07) is 0. The average Bonchev–Trinajstić information content (AvgIpc) is 2.65. The van der Waals surface area contributed by atoms with E-state index in [-0.39, 0.29) is 4.92 Å². The number of nitro groups is 1. The quantitative estimate of drug-likeness (QED) is 0.536. The summed E-state index contributed by atoms with van der Waals surface area (Å²) in [6.45, 7) is 3.84. The lowest BCUT2D eigenvalue weighted by atomic mass is 10.1. The van der Waals surface area contributed by atoms with Gasteiger partial charge in [-0.3, -0.25) is 10.1 Å². The zero-order valence-corrected chi connectivity index (χ0v) is 11.1. The Morgan fingerprint density at radius 2 is 1.89 bits per heavy atom. The number of nitrogens with two attached hydrogens (primary N) is 1. The number of allylic oxidation sites excluding steroid dienone is 1. The maximum absolute atomic E-state index is 11.3. The van der Waals surface area contributed by atoms with Gasteiger partial charge >= 0.3 is 5.70 Å². The van der Waals surface area contributed by atoms with Crippen molar-refractivity contribution in [2.75, 3.05) is 26.2 Å². The molecule has 3 N–H and O–H groups in total. The van der Waals surface area contributed by atoms with Crippen molar-refractivity contribution in [1.82, 2.24) is 0 Å². The van der Waals surface area contributed by atoms with Gasteiger partial charge in [0.15, 0.2) is 12.2 Å². The average molecular weight is 255 g/mol. The number of rotatable bonds is 3. The zero-order valence-electron chi connectivity index (χ0n) is 11.1. The molecule has 2 saturated heterocycles. The number of piperidine rings is 1. The molecule has 2 aliphatic heterocycles. The van der Waals surface area contributed by atoms with Gasteiger partial charge in [-0.2, -0.15) is 0 Å². The van der Waals surface area contributed by atoms with E-state index in [0.717, 1.165) is 38.2 Å². The molecule has 0 atom stereocenters. The molecule has 0 aromatic rings. The summed E-state index contributed by atoms with van der Waals surface area (Å²) in [7, 11) is 0. The Bertz CT molecular complexity index is 312. The highest BCUT2D eigenvalue weighted by Gasteiger charge is 2.29. The predicted molar refractivity (Wildman–Crippen MR) is 68.7 cm³/mol. The molecule has 0 radical (unpaired) electrons. The van der Waals surface area contributed by atoms with E-state index in [1.165, 1.54) is 37.0 Å². The van der Waals surface area contributed by atoms with Crippen LogP contribution in [0.3, 0.4) is 0 Å². The number of likely N-dealkylation sites (tertiary alicyclic amines) is 1. The molecule has 0 aromatic heterocycles. The molecule has 5 heteroatoms. The number of hydrogen-bond donors (Lipinski definition) is 2. The third kappa shape index (κ3) is 3.78. The van der Waals surface area contributed by atoms with E-state index < -0.39 is 0 Å². The van der Waals surface area contributed by atoms with Gasteiger partial charge in [0.1, 0.15) is 0 Å². The first-order chi connectivity index (χ1) is 8.77. The van der Waals surface area contributed by atoms with Crippen molar-refractivity contribution in [3.05, 3.63) is 21.5 Å². The van der Waals surface area contributed by atoms with Crippen LogP contribution in [0.4, 0.5) is 0 Å². The van der Waals surface area contributed by atoms with Crippen molar-refractivity contribution in [1.29, 1.82) is 0 Å². The molecule has 102 valence electrons. The topological polar surface area (TPSA) is 64.2 Å². The molecule has 18 heavy (non-hydrogen) atoms. The fourth-order valence-corrected chi connectivity index (χ4v) is 3.04. The minimum atomic E-state index is -0.126. The largest absolute Gasteiger partial charge is 0.355 e. The second-order valence-corrected chi connectivity index (χ2v) is 5.52. The van der Waals surface area contributed by atoms with Gasteiger partial charge < -0.3 is 10.2 Å². The minimum absolute atomic E-state index is 0.126. The van der Waals surface area contributed by atoms with Crippen LogP contribution in [0.5, 0.6) is 0 Å². The first-order valence-corrected chi connectivity index (χ1v) is 7.30. The maximum Gasteiger partial charge on any atom is 0.355 e. The Hall–Kier alpha value is -0.940. The van der Waals surface area contributed by atoms with E-state index in [1.807, 2.05) is 0 Å². The first-order valence-electron chi connectivity index (χ1n) is 7.30. The highest BCUT2D eigenvalue weighted by Crippen LogP contribution is 2.10. The third-order valence-corrected chi connectivity index (χ3v) is 4.11. The summed E-state index contributed by atoms with van der Waals surface area (Å²) in [6.07, 6.45) is 8.15. The number of quaternary nitrogens is 2.